The van der Waals surface area contributed by atoms with Crippen LogP contribution in [0.1, 0.15) is 44.3 Å². The van der Waals surface area contributed by atoms with Crippen molar-refractivity contribution in [3.05, 3.63) is 42.2 Å². The number of hydrogen-bond donors (Lipinski definition) is 1. The summed E-state index contributed by atoms with van der Waals surface area (Å²) in [7, 11) is 0. The summed E-state index contributed by atoms with van der Waals surface area (Å²) < 4.78 is 2.04. The van der Waals surface area contributed by atoms with Gasteiger partial charge in [-0.25, -0.2) is 4.98 Å². The zero-order chi connectivity index (χ0) is 13.0. The van der Waals surface area contributed by atoms with Gasteiger partial charge in [0.1, 0.15) is 5.82 Å². The van der Waals surface area contributed by atoms with Crippen molar-refractivity contribution in [2.24, 2.45) is 0 Å². The molecule has 4 heteroatoms. The molecule has 0 aliphatic rings. The maximum atomic E-state index is 9.71. The maximum absolute atomic E-state index is 9.71. The molecule has 1 atom stereocenters. The first-order valence-electron chi connectivity index (χ1n) is 6.42. The van der Waals surface area contributed by atoms with Crippen LogP contribution in [0.5, 0.6) is 0 Å². The average Bonchev–Trinajstić information content (AvgIpc) is 2.87. The Bertz CT molecular complexity index is 490. The van der Waals surface area contributed by atoms with Crippen molar-refractivity contribution in [3.63, 3.8) is 0 Å². The molecule has 2 aromatic heterocycles. The first-order chi connectivity index (χ1) is 8.76. The number of aromatic nitrogens is 3. The van der Waals surface area contributed by atoms with Gasteiger partial charge < -0.3 is 9.67 Å². The molecule has 2 aromatic rings. The van der Waals surface area contributed by atoms with Crippen molar-refractivity contribution in [3.8, 4) is 5.69 Å². The first kappa shape index (κ1) is 12.8. The van der Waals surface area contributed by atoms with Crippen molar-refractivity contribution in [1.29, 1.82) is 0 Å². The highest BCUT2D eigenvalue weighted by Gasteiger charge is 2.08. The van der Waals surface area contributed by atoms with Gasteiger partial charge in [-0.15, -0.1) is 0 Å². The normalized spacial score (nSPS) is 12.6. The second-order valence-corrected chi connectivity index (χ2v) is 4.33. The predicted molar refractivity (Wildman–Crippen MR) is 70.6 cm³/mol. The Morgan fingerprint density at radius 3 is 2.72 bits per heavy atom. The van der Waals surface area contributed by atoms with E-state index in [0.717, 1.165) is 30.0 Å². The number of aliphatic hydroxyl groups is 1. The molecule has 96 valence electrons. The third-order valence-electron chi connectivity index (χ3n) is 2.97. The Labute approximate surface area is 107 Å². The van der Waals surface area contributed by atoms with Gasteiger partial charge >= 0.3 is 0 Å². The van der Waals surface area contributed by atoms with Crippen LogP contribution in [0, 0.1) is 0 Å². The number of rotatable bonds is 5. The van der Waals surface area contributed by atoms with Crippen LogP contribution in [0.15, 0.2) is 30.7 Å². The molecule has 0 unspecified atom stereocenters. The van der Waals surface area contributed by atoms with Crippen molar-refractivity contribution < 1.29 is 5.11 Å². The van der Waals surface area contributed by atoms with Crippen LogP contribution in [0.25, 0.3) is 5.69 Å². The van der Waals surface area contributed by atoms with Crippen LogP contribution in [0.3, 0.4) is 0 Å². The molecule has 0 radical (unpaired) electrons. The molecule has 2 heterocycles. The number of pyridine rings is 1. The second-order valence-electron chi connectivity index (χ2n) is 4.33. The van der Waals surface area contributed by atoms with Crippen LogP contribution in [0.2, 0.25) is 0 Å². The highest BCUT2D eigenvalue weighted by Crippen LogP contribution is 2.16. The highest BCUT2D eigenvalue weighted by molar-refractivity contribution is 5.31. The molecule has 0 saturated carbocycles. The third-order valence-corrected chi connectivity index (χ3v) is 2.97. The minimum absolute atomic E-state index is 0.475. The van der Waals surface area contributed by atoms with E-state index in [2.05, 4.69) is 16.9 Å². The first-order valence-corrected chi connectivity index (χ1v) is 6.42. The van der Waals surface area contributed by atoms with E-state index in [-0.39, 0.29) is 0 Å². The van der Waals surface area contributed by atoms with Crippen molar-refractivity contribution in [2.75, 3.05) is 0 Å². The fourth-order valence-corrected chi connectivity index (χ4v) is 1.92. The lowest BCUT2D eigenvalue weighted by Gasteiger charge is -2.10. The smallest absolute Gasteiger partial charge is 0.113 e. The van der Waals surface area contributed by atoms with Gasteiger partial charge in [-0.1, -0.05) is 13.8 Å². The molecular formula is C14H19N3O. The lowest BCUT2D eigenvalue weighted by Crippen LogP contribution is -2.03. The monoisotopic (exact) mass is 245 g/mol. The topological polar surface area (TPSA) is 50.9 Å². The number of nitrogens with zero attached hydrogens (tertiary/aromatic N) is 3. The number of imidazole rings is 1. The molecule has 0 saturated heterocycles. The largest absolute Gasteiger partial charge is 0.387 e. The van der Waals surface area contributed by atoms with Crippen molar-refractivity contribution in [2.45, 2.75) is 39.2 Å². The molecule has 0 amide bonds. The lowest BCUT2D eigenvalue weighted by atomic mass is 10.2. The molecule has 0 spiro atoms. The number of hydrogen-bond acceptors (Lipinski definition) is 3. The van der Waals surface area contributed by atoms with Crippen LogP contribution in [-0.4, -0.2) is 19.6 Å². The molecule has 0 bridgehead atoms. The predicted octanol–water partition coefficient (Wildman–Crippen LogP) is 2.66. The van der Waals surface area contributed by atoms with E-state index in [1.54, 1.807) is 12.4 Å². The van der Waals surface area contributed by atoms with E-state index in [1.165, 1.54) is 0 Å². The summed E-state index contributed by atoms with van der Waals surface area (Å²) in [4.78, 5) is 8.65. The molecule has 18 heavy (non-hydrogen) atoms. The summed E-state index contributed by atoms with van der Waals surface area (Å²) in [5, 5.41) is 9.71. The Morgan fingerprint density at radius 1 is 1.28 bits per heavy atom. The minimum atomic E-state index is -0.475. The van der Waals surface area contributed by atoms with E-state index >= 15 is 0 Å². The van der Waals surface area contributed by atoms with E-state index in [1.807, 2.05) is 29.8 Å². The molecule has 0 aliphatic heterocycles. The van der Waals surface area contributed by atoms with Gasteiger partial charge in [0.25, 0.3) is 0 Å². The van der Waals surface area contributed by atoms with Gasteiger partial charge in [0.05, 0.1) is 23.7 Å². The molecule has 0 fully saturated rings. The SMILES string of the molecule is CCCc1nccn1-c1ccc([C@@H](O)CC)nc1. The highest BCUT2D eigenvalue weighted by atomic mass is 16.3. The maximum Gasteiger partial charge on any atom is 0.113 e. The van der Waals surface area contributed by atoms with E-state index in [9.17, 15) is 5.11 Å². The van der Waals surface area contributed by atoms with E-state index < -0.39 is 6.10 Å². The van der Waals surface area contributed by atoms with E-state index in [0.29, 0.717) is 6.42 Å². The molecule has 0 aliphatic carbocycles. The average molecular weight is 245 g/mol. The van der Waals surface area contributed by atoms with Crippen molar-refractivity contribution in [1.82, 2.24) is 14.5 Å². The standard InChI is InChI=1S/C14H19N3O/c1-3-5-14-15-8-9-17(14)11-6-7-12(16-10-11)13(18)4-2/h6-10,13,18H,3-5H2,1-2H3/t13-/m0/s1. The number of aliphatic hydroxyl groups excluding tert-OH is 1. The van der Waals surface area contributed by atoms with Crippen LogP contribution < -0.4 is 0 Å². The molecule has 2 rings (SSSR count). The Morgan fingerprint density at radius 2 is 2.11 bits per heavy atom. The molecular weight excluding hydrogens is 226 g/mol. The summed E-state index contributed by atoms with van der Waals surface area (Å²) in [5.74, 6) is 1.04. The van der Waals surface area contributed by atoms with E-state index in [4.69, 9.17) is 0 Å². The van der Waals surface area contributed by atoms with Crippen LogP contribution >= 0.6 is 0 Å². The quantitative estimate of drug-likeness (QED) is 0.881. The van der Waals surface area contributed by atoms with Crippen molar-refractivity contribution >= 4 is 0 Å². The van der Waals surface area contributed by atoms with Crippen LogP contribution in [0.4, 0.5) is 0 Å². The van der Waals surface area contributed by atoms with Gasteiger partial charge in [-0.2, -0.15) is 0 Å². The number of aryl methyl sites for hydroxylation is 1. The fourth-order valence-electron chi connectivity index (χ4n) is 1.92. The van der Waals surface area contributed by atoms with Gasteiger partial charge in [-0.05, 0) is 25.0 Å². The molecule has 4 nitrogen and oxygen atoms in total. The summed E-state index contributed by atoms with van der Waals surface area (Å²) in [6.45, 7) is 4.08. The molecule has 0 aromatic carbocycles. The summed E-state index contributed by atoms with van der Waals surface area (Å²) in [6.07, 6.45) is 7.76. The Kier molecular flexibility index (Phi) is 4.10. The minimum Gasteiger partial charge on any atom is -0.387 e. The summed E-state index contributed by atoms with van der Waals surface area (Å²) in [5.41, 5.74) is 1.71. The van der Waals surface area contributed by atoms with Gasteiger partial charge in [0.2, 0.25) is 0 Å². The second kappa shape index (κ2) is 5.78. The Balaban J connectivity index is 2.26. The lowest BCUT2D eigenvalue weighted by molar-refractivity contribution is 0.169. The summed E-state index contributed by atoms with van der Waals surface area (Å²) >= 11 is 0. The van der Waals surface area contributed by atoms with Gasteiger partial charge in [-0.3, -0.25) is 4.98 Å². The van der Waals surface area contributed by atoms with Gasteiger partial charge in [0.15, 0.2) is 0 Å². The zero-order valence-electron chi connectivity index (χ0n) is 10.9. The third kappa shape index (κ3) is 2.59. The van der Waals surface area contributed by atoms with Crippen LogP contribution in [-0.2, 0) is 6.42 Å². The van der Waals surface area contributed by atoms with Gasteiger partial charge in [0, 0.05) is 18.8 Å². The zero-order valence-corrected chi connectivity index (χ0v) is 10.9. The fraction of sp³-hybridized carbons (Fsp3) is 0.429. The summed E-state index contributed by atoms with van der Waals surface area (Å²) in [6, 6.07) is 3.85. The molecule has 1 N–H and O–H groups in total. The Hall–Kier alpha value is -1.68.